The zero-order chi connectivity index (χ0) is 30.9. The van der Waals surface area contributed by atoms with Crippen LogP contribution in [0.1, 0.15) is 25.7 Å². The number of halogens is 1. The standard InChI is InChI=1S/C33H35FN10O/c1-44(2)8-7-37-24-10-20(9-23(34)13-24)27-17-36-18-28-29(27)41-32(40-28)30-26-12-22(15-38-31(26)43-42-30)21-11-25(16-35-14-21)39-33(45)19-5-3-4-6-19/h9-19,33,37,39,45H,3-8H2,1-2H3,(H,40,41)(H,38,42,43). The smallest absolute Gasteiger partial charge is 0.159 e. The molecule has 1 saturated carbocycles. The molecule has 0 spiro atoms. The molecule has 0 bridgehead atoms. The maximum Gasteiger partial charge on any atom is 0.159 e. The third-order valence-electron chi connectivity index (χ3n) is 8.36. The molecule has 1 aromatic carbocycles. The van der Waals surface area contributed by atoms with Crippen LogP contribution in [0.4, 0.5) is 15.8 Å². The second-order valence-corrected chi connectivity index (χ2v) is 11.9. The van der Waals surface area contributed by atoms with Gasteiger partial charge in [-0.3, -0.25) is 15.1 Å². The Kier molecular flexibility index (Phi) is 7.82. The van der Waals surface area contributed by atoms with E-state index in [-0.39, 0.29) is 11.7 Å². The van der Waals surface area contributed by atoms with Crippen molar-refractivity contribution < 1.29 is 9.50 Å². The number of hydrogen-bond acceptors (Lipinski definition) is 9. The van der Waals surface area contributed by atoms with E-state index in [1.807, 2.05) is 32.3 Å². The van der Waals surface area contributed by atoms with E-state index in [9.17, 15) is 9.50 Å². The third kappa shape index (κ3) is 6.06. The Bertz CT molecular complexity index is 1960. The van der Waals surface area contributed by atoms with Gasteiger partial charge in [-0.25, -0.2) is 14.4 Å². The minimum Gasteiger partial charge on any atom is -0.384 e. The number of pyridine rings is 3. The van der Waals surface area contributed by atoms with Crippen LogP contribution in [-0.4, -0.2) is 78.5 Å². The summed E-state index contributed by atoms with van der Waals surface area (Å²) >= 11 is 0. The molecular formula is C33H35FN10O. The Morgan fingerprint density at radius 3 is 2.60 bits per heavy atom. The number of imidazole rings is 1. The largest absolute Gasteiger partial charge is 0.384 e. The minimum atomic E-state index is -0.601. The molecule has 0 aliphatic heterocycles. The molecule has 1 unspecified atom stereocenters. The van der Waals surface area contributed by atoms with Crippen molar-refractivity contribution >= 4 is 33.4 Å². The molecule has 0 radical (unpaired) electrons. The van der Waals surface area contributed by atoms with Gasteiger partial charge >= 0.3 is 0 Å². The van der Waals surface area contributed by atoms with E-state index in [1.165, 1.54) is 12.1 Å². The molecule has 5 aromatic heterocycles. The Balaban J connectivity index is 1.20. The average molecular weight is 607 g/mol. The number of benzene rings is 1. The van der Waals surface area contributed by atoms with Crippen molar-refractivity contribution in [3.63, 3.8) is 0 Å². The molecule has 6 aromatic rings. The summed E-state index contributed by atoms with van der Waals surface area (Å²) in [4.78, 5) is 23.7. The third-order valence-corrected chi connectivity index (χ3v) is 8.36. The first-order valence-electron chi connectivity index (χ1n) is 15.2. The number of fused-ring (bicyclic) bond motifs is 2. The lowest BCUT2D eigenvalue weighted by molar-refractivity contribution is 0.137. The van der Waals surface area contributed by atoms with Gasteiger partial charge in [-0.05, 0) is 62.8 Å². The molecule has 45 heavy (non-hydrogen) atoms. The van der Waals surface area contributed by atoms with Crippen molar-refractivity contribution in [2.75, 3.05) is 37.8 Å². The summed E-state index contributed by atoms with van der Waals surface area (Å²) in [6.07, 6.45) is 12.4. The summed E-state index contributed by atoms with van der Waals surface area (Å²) < 4.78 is 14.7. The number of nitrogens with zero attached hydrogens (tertiary/aromatic N) is 6. The number of aromatic nitrogens is 7. The quantitative estimate of drug-likeness (QED) is 0.125. The molecule has 0 saturated heterocycles. The highest BCUT2D eigenvalue weighted by Gasteiger charge is 2.23. The fraction of sp³-hybridized carbons (Fsp3) is 0.303. The van der Waals surface area contributed by atoms with E-state index in [0.717, 1.165) is 54.4 Å². The van der Waals surface area contributed by atoms with Crippen LogP contribution in [0, 0.1) is 11.7 Å². The number of H-pyrrole nitrogens is 2. The molecular weight excluding hydrogens is 571 g/mol. The Morgan fingerprint density at radius 1 is 0.956 bits per heavy atom. The normalized spacial score (nSPS) is 14.5. The lowest BCUT2D eigenvalue weighted by Crippen LogP contribution is -2.26. The molecule has 11 nitrogen and oxygen atoms in total. The second kappa shape index (κ2) is 12.2. The Morgan fingerprint density at radius 2 is 1.76 bits per heavy atom. The van der Waals surface area contributed by atoms with Crippen LogP contribution in [0.25, 0.3) is 55.8 Å². The van der Waals surface area contributed by atoms with Gasteiger partial charge in [0.25, 0.3) is 0 Å². The first-order valence-corrected chi connectivity index (χ1v) is 15.2. The Labute approximate surface area is 259 Å². The minimum absolute atomic E-state index is 0.257. The van der Waals surface area contributed by atoms with E-state index in [2.05, 4.69) is 45.7 Å². The van der Waals surface area contributed by atoms with Gasteiger partial charge in [0.1, 0.15) is 17.7 Å². The van der Waals surface area contributed by atoms with Gasteiger partial charge in [0.05, 0.1) is 34.5 Å². The first-order chi connectivity index (χ1) is 21.9. The predicted molar refractivity (Wildman–Crippen MR) is 174 cm³/mol. The molecule has 7 rings (SSSR count). The van der Waals surface area contributed by atoms with E-state index in [1.54, 1.807) is 31.0 Å². The molecule has 5 heterocycles. The molecule has 1 atom stereocenters. The summed E-state index contributed by atoms with van der Waals surface area (Å²) in [5, 5.41) is 25.5. The summed E-state index contributed by atoms with van der Waals surface area (Å²) in [7, 11) is 3.99. The van der Waals surface area contributed by atoms with Crippen LogP contribution < -0.4 is 10.6 Å². The first kappa shape index (κ1) is 28.8. The van der Waals surface area contributed by atoms with Gasteiger partial charge in [0.15, 0.2) is 11.5 Å². The highest BCUT2D eigenvalue weighted by molar-refractivity contribution is 5.97. The highest BCUT2D eigenvalue weighted by atomic mass is 19.1. The SMILES string of the molecule is CN(C)CCNc1cc(F)cc(-c2cncc3[nH]c(-c4n[nH]c5ncc(-c6cncc(NC(O)C7CCCC7)c6)cc45)nc23)c1. The van der Waals surface area contributed by atoms with E-state index >= 15 is 0 Å². The zero-order valence-corrected chi connectivity index (χ0v) is 25.2. The predicted octanol–water partition coefficient (Wildman–Crippen LogP) is 5.66. The maximum atomic E-state index is 14.7. The van der Waals surface area contributed by atoms with Crippen LogP contribution in [0.15, 0.2) is 61.3 Å². The molecule has 1 fully saturated rings. The lowest BCUT2D eigenvalue weighted by Gasteiger charge is -2.20. The lowest BCUT2D eigenvalue weighted by atomic mass is 10.1. The van der Waals surface area contributed by atoms with Gasteiger partial charge in [-0.2, -0.15) is 5.10 Å². The van der Waals surface area contributed by atoms with Crippen LogP contribution in [-0.2, 0) is 0 Å². The number of aliphatic hydroxyl groups excluding tert-OH is 1. The van der Waals surface area contributed by atoms with E-state index in [0.29, 0.717) is 51.6 Å². The monoisotopic (exact) mass is 606 g/mol. The number of rotatable bonds is 10. The molecule has 5 N–H and O–H groups in total. The fourth-order valence-electron chi connectivity index (χ4n) is 6.01. The maximum absolute atomic E-state index is 14.7. The summed E-state index contributed by atoms with van der Waals surface area (Å²) in [5.74, 6) is 0.456. The van der Waals surface area contributed by atoms with Crippen molar-refractivity contribution in [3.8, 4) is 33.8 Å². The van der Waals surface area contributed by atoms with Gasteiger partial charge in [-0.15, -0.1) is 0 Å². The molecule has 1 aliphatic rings. The van der Waals surface area contributed by atoms with Crippen LogP contribution >= 0.6 is 0 Å². The van der Waals surface area contributed by atoms with E-state index < -0.39 is 6.23 Å². The van der Waals surface area contributed by atoms with Gasteiger partial charge in [0.2, 0.25) is 0 Å². The van der Waals surface area contributed by atoms with Gasteiger partial charge in [0, 0.05) is 60.0 Å². The molecule has 1 aliphatic carbocycles. The van der Waals surface area contributed by atoms with Crippen LogP contribution in [0.5, 0.6) is 0 Å². The van der Waals surface area contributed by atoms with Crippen molar-refractivity contribution in [2.24, 2.45) is 5.92 Å². The van der Waals surface area contributed by atoms with Crippen molar-refractivity contribution in [1.82, 2.24) is 40.0 Å². The molecule has 0 amide bonds. The van der Waals surface area contributed by atoms with Crippen molar-refractivity contribution in [2.45, 2.75) is 31.9 Å². The number of aliphatic hydroxyl groups is 1. The van der Waals surface area contributed by atoms with Crippen molar-refractivity contribution in [3.05, 3.63) is 67.1 Å². The molecule has 12 heteroatoms. The van der Waals surface area contributed by atoms with Crippen molar-refractivity contribution in [1.29, 1.82) is 0 Å². The number of nitrogens with one attached hydrogen (secondary N) is 4. The summed E-state index contributed by atoms with van der Waals surface area (Å²) in [5.41, 5.74) is 7.12. The number of anilines is 2. The number of hydrogen-bond donors (Lipinski definition) is 5. The number of likely N-dealkylation sites (N-methyl/N-ethyl adjacent to an activating group) is 1. The highest BCUT2D eigenvalue weighted by Crippen LogP contribution is 2.34. The molecule has 230 valence electrons. The summed E-state index contributed by atoms with van der Waals surface area (Å²) in [6, 6.07) is 8.86. The van der Waals surface area contributed by atoms with Gasteiger partial charge in [-0.1, -0.05) is 12.8 Å². The second-order valence-electron chi connectivity index (χ2n) is 11.9. The fourth-order valence-corrected chi connectivity index (χ4v) is 6.01. The summed E-state index contributed by atoms with van der Waals surface area (Å²) in [6.45, 7) is 1.51. The van der Waals surface area contributed by atoms with E-state index in [4.69, 9.17) is 4.98 Å². The number of aromatic amines is 2. The average Bonchev–Trinajstić information content (AvgIpc) is 3.80. The zero-order valence-electron chi connectivity index (χ0n) is 25.2. The van der Waals surface area contributed by atoms with Crippen LogP contribution in [0.3, 0.4) is 0 Å². The topological polar surface area (TPSA) is 144 Å². The van der Waals surface area contributed by atoms with Crippen LogP contribution in [0.2, 0.25) is 0 Å². The van der Waals surface area contributed by atoms with Gasteiger partial charge < -0.3 is 25.6 Å². The Hall–Kier alpha value is -4.94.